The largest absolute Gasteiger partial charge is 0.385 e. The Hall–Kier alpha value is -0.940. The molecular weight excluding hydrogens is 262 g/mol. The van der Waals surface area contributed by atoms with Gasteiger partial charge in [0.05, 0.1) is 10.5 Å². The number of nitro benzene ring substituents is 1. The van der Waals surface area contributed by atoms with Crippen LogP contribution in [0, 0.1) is 10.1 Å². The van der Waals surface area contributed by atoms with Gasteiger partial charge in [0.25, 0.3) is 5.69 Å². The normalized spacial score (nSPS) is 14.6. The first kappa shape index (κ1) is 12.1. The van der Waals surface area contributed by atoms with Crippen LogP contribution in [-0.2, 0) is 5.60 Å². The highest BCUT2D eigenvalue weighted by Crippen LogP contribution is 2.26. The quantitative estimate of drug-likeness (QED) is 0.521. The van der Waals surface area contributed by atoms with Gasteiger partial charge in [-0.25, -0.2) is 0 Å². The summed E-state index contributed by atoms with van der Waals surface area (Å²) in [5.41, 5.74) is -0.223. The molecule has 0 fully saturated rings. The van der Waals surface area contributed by atoms with Crippen LogP contribution in [0.25, 0.3) is 0 Å². The molecule has 82 valence electrons. The molecule has 0 aromatic heterocycles. The summed E-state index contributed by atoms with van der Waals surface area (Å²) in [6.07, 6.45) is 0.560. The summed E-state index contributed by atoms with van der Waals surface area (Å²) in [6.45, 7) is 1.69. The Kier molecular flexibility index (Phi) is 3.82. The lowest BCUT2D eigenvalue weighted by Gasteiger charge is -2.22. The van der Waals surface area contributed by atoms with Gasteiger partial charge in [0, 0.05) is 17.5 Å². The Bertz CT molecular complexity index is 348. The van der Waals surface area contributed by atoms with Gasteiger partial charge < -0.3 is 5.11 Å². The van der Waals surface area contributed by atoms with Crippen molar-refractivity contribution in [3.63, 3.8) is 0 Å². The van der Waals surface area contributed by atoms with Gasteiger partial charge in [0.15, 0.2) is 0 Å². The average Bonchev–Trinajstić information content (AvgIpc) is 2.18. The van der Waals surface area contributed by atoms with Crippen LogP contribution in [0.1, 0.15) is 18.9 Å². The fourth-order valence-corrected chi connectivity index (χ4v) is 2.04. The molecule has 0 saturated carbocycles. The van der Waals surface area contributed by atoms with E-state index in [-0.39, 0.29) is 5.69 Å². The van der Waals surface area contributed by atoms with Gasteiger partial charge in [-0.15, -0.1) is 0 Å². The maximum Gasteiger partial charge on any atom is 0.269 e. The molecule has 0 spiro atoms. The van der Waals surface area contributed by atoms with E-state index in [4.69, 9.17) is 0 Å². The Morgan fingerprint density at radius 3 is 2.40 bits per heavy atom. The fraction of sp³-hybridized carbons (Fsp3) is 0.400. The highest BCUT2D eigenvalue weighted by molar-refractivity contribution is 9.09. The third kappa shape index (κ3) is 3.00. The van der Waals surface area contributed by atoms with Gasteiger partial charge in [-0.1, -0.05) is 15.9 Å². The predicted octanol–water partition coefficient (Wildman–Crippen LogP) is 2.59. The van der Waals surface area contributed by atoms with Crippen LogP contribution in [0.5, 0.6) is 0 Å². The first-order valence-electron chi connectivity index (χ1n) is 4.50. The number of rotatable bonds is 4. The van der Waals surface area contributed by atoms with Crippen molar-refractivity contribution >= 4 is 21.6 Å². The Labute approximate surface area is 96.2 Å². The number of alkyl halides is 1. The summed E-state index contributed by atoms with van der Waals surface area (Å²) in [7, 11) is 0. The predicted molar refractivity (Wildman–Crippen MR) is 61.1 cm³/mol. The highest BCUT2D eigenvalue weighted by atomic mass is 79.9. The van der Waals surface area contributed by atoms with Crippen LogP contribution in [-0.4, -0.2) is 15.4 Å². The van der Waals surface area contributed by atoms with Crippen molar-refractivity contribution in [1.29, 1.82) is 0 Å². The van der Waals surface area contributed by atoms with Gasteiger partial charge in [-0.05, 0) is 31.0 Å². The second kappa shape index (κ2) is 4.72. The molecule has 1 N–H and O–H groups in total. The zero-order chi connectivity index (χ0) is 11.5. The molecule has 0 radical (unpaired) electrons. The van der Waals surface area contributed by atoms with Gasteiger partial charge in [-0.2, -0.15) is 0 Å². The molecule has 5 heteroatoms. The van der Waals surface area contributed by atoms with E-state index in [9.17, 15) is 15.2 Å². The first-order valence-corrected chi connectivity index (χ1v) is 5.63. The van der Waals surface area contributed by atoms with E-state index in [1.807, 2.05) is 0 Å². The smallest absolute Gasteiger partial charge is 0.269 e. The minimum atomic E-state index is -0.946. The average molecular weight is 274 g/mol. The topological polar surface area (TPSA) is 63.4 Å². The number of nitrogens with zero attached hydrogens (tertiary/aromatic N) is 1. The lowest BCUT2D eigenvalue weighted by Crippen LogP contribution is -2.21. The maximum atomic E-state index is 10.4. The molecule has 1 aromatic rings. The standard InChI is InChI=1S/C10H12BrNO3/c1-10(13,6-7-11)8-2-4-9(5-3-8)12(14)15/h2-5,13H,6-7H2,1H3. The van der Waals surface area contributed by atoms with Crippen molar-refractivity contribution in [2.24, 2.45) is 0 Å². The second-order valence-corrected chi connectivity index (χ2v) is 4.31. The van der Waals surface area contributed by atoms with Gasteiger partial charge in [-0.3, -0.25) is 10.1 Å². The van der Waals surface area contributed by atoms with Crippen LogP contribution in [0.4, 0.5) is 5.69 Å². The van der Waals surface area contributed by atoms with E-state index in [0.717, 1.165) is 0 Å². The van der Waals surface area contributed by atoms with Gasteiger partial charge >= 0.3 is 0 Å². The first-order chi connectivity index (χ1) is 6.97. The van der Waals surface area contributed by atoms with E-state index < -0.39 is 10.5 Å². The van der Waals surface area contributed by atoms with Crippen molar-refractivity contribution in [2.45, 2.75) is 18.9 Å². The summed E-state index contributed by atoms with van der Waals surface area (Å²) >= 11 is 3.25. The Morgan fingerprint density at radius 1 is 1.47 bits per heavy atom. The van der Waals surface area contributed by atoms with Gasteiger partial charge in [0.1, 0.15) is 0 Å². The number of hydrogen-bond donors (Lipinski definition) is 1. The number of halogens is 1. The lowest BCUT2D eigenvalue weighted by molar-refractivity contribution is -0.384. The molecule has 1 aromatic carbocycles. The molecule has 0 amide bonds. The van der Waals surface area contributed by atoms with Crippen LogP contribution in [0.3, 0.4) is 0 Å². The van der Waals surface area contributed by atoms with Crippen molar-refractivity contribution in [3.8, 4) is 0 Å². The third-order valence-electron chi connectivity index (χ3n) is 2.28. The van der Waals surface area contributed by atoms with E-state index in [0.29, 0.717) is 17.3 Å². The number of nitro groups is 1. The Morgan fingerprint density at radius 2 is 2.00 bits per heavy atom. The number of benzene rings is 1. The van der Waals surface area contributed by atoms with Crippen LogP contribution in [0.15, 0.2) is 24.3 Å². The third-order valence-corrected chi connectivity index (χ3v) is 2.68. The van der Waals surface area contributed by atoms with E-state index in [1.165, 1.54) is 12.1 Å². The van der Waals surface area contributed by atoms with Crippen LogP contribution < -0.4 is 0 Å². The molecule has 1 rings (SSSR count). The molecule has 0 bridgehead atoms. The minimum Gasteiger partial charge on any atom is -0.385 e. The zero-order valence-electron chi connectivity index (χ0n) is 8.31. The second-order valence-electron chi connectivity index (χ2n) is 3.52. The summed E-state index contributed by atoms with van der Waals surface area (Å²) in [4.78, 5) is 9.97. The number of aliphatic hydroxyl groups is 1. The Balaban J connectivity index is 2.93. The molecule has 1 atom stereocenters. The molecular formula is C10H12BrNO3. The summed E-state index contributed by atoms with van der Waals surface area (Å²) in [5.74, 6) is 0. The van der Waals surface area contributed by atoms with Gasteiger partial charge in [0.2, 0.25) is 0 Å². The maximum absolute atomic E-state index is 10.4. The van der Waals surface area contributed by atoms with E-state index >= 15 is 0 Å². The summed E-state index contributed by atoms with van der Waals surface area (Å²) in [6, 6.07) is 5.97. The van der Waals surface area contributed by atoms with E-state index in [2.05, 4.69) is 15.9 Å². The SMILES string of the molecule is CC(O)(CCBr)c1ccc([N+](=O)[O-])cc1. The van der Waals surface area contributed by atoms with Crippen molar-refractivity contribution in [1.82, 2.24) is 0 Å². The molecule has 1 unspecified atom stereocenters. The zero-order valence-corrected chi connectivity index (χ0v) is 9.90. The lowest BCUT2D eigenvalue weighted by atomic mass is 9.93. The highest BCUT2D eigenvalue weighted by Gasteiger charge is 2.22. The monoisotopic (exact) mass is 273 g/mol. The summed E-state index contributed by atoms with van der Waals surface area (Å²) in [5, 5.41) is 21.1. The van der Waals surface area contributed by atoms with Crippen molar-refractivity contribution < 1.29 is 10.0 Å². The number of hydrogen-bond acceptors (Lipinski definition) is 3. The number of non-ortho nitro benzene ring substituents is 1. The molecule has 0 saturated heterocycles. The van der Waals surface area contributed by atoms with Crippen LogP contribution in [0.2, 0.25) is 0 Å². The van der Waals surface area contributed by atoms with Crippen LogP contribution >= 0.6 is 15.9 Å². The van der Waals surface area contributed by atoms with Crippen molar-refractivity contribution in [3.05, 3.63) is 39.9 Å². The molecule has 4 nitrogen and oxygen atoms in total. The molecule has 0 aliphatic heterocycles. The molecule has 0 aliphatic carbocycles. The molecule has 15 heavy (non-hydrogen) atoms. The fourth-order valence-electron chi connectivity index (χ4n) is 1.27. The summed E-state index contributed by atoms with van der Waals surface area (Å²) < 4.78 is 0. The van der Waals surface area contributed by atoms with Crippen molar-refractivity contribution in [2.75, 3.05) is 5.33 Å². The minimum absolute atomic E-state index is 0.0355. The van der Waals surface area contributed by atoms with E-state index in [1.54, 1.807) is 19.1 Å². The molecule has 0 heterocycles. The molecule has 0 aliphatic rings.